The van der Waals surface area contributed by atoms with Crippen LogP contribution in [0.25, 0.3) is 10.9 Å². The summed E-state index contributed by atoms with van der Waals surface area (Å²) >= 11 is 0. The Hall–Kier alpha value is -1.97. The smallest absolute Gasteiger partial charge is 0.410 e. The summed E-state index contributed by atoms with van der Waals surface area (Å²) in [6.07, 6.45) is 3.91. The summed E-state index contributed by atoms with van der Waals surface area (Å²) in [5.74, 6) is 0.526. The lowest BCUT2D eigenvalue weighted by Gasteiger charge is -2.33. The van der Waals surface area contributed by atoms with Gasteiger partial charge in [0.15, 0.2) is 0 Å². The summed E-state index contributed by atoms with van der Waals surface area (Å²) in [6, 6.07) is 8.89. The van der Waals surface area contributed by atoms with E-state index in [1.165, 1.54) is 16.5 Å². The van der Waals surface area contributed by atoms with E-state index in [-0.39, 0.29) is 6.09 Å². The molecule has 23 heavy (non-hydrogen) atoms. The van der Waals surface area contributed by atoms with E-state index in [2.05, 4.69) is 42.1 Å². The molecule has 1 amide bonds. The van der Waals surface area contributed by atoms with Gasteiger partial charge in [0.25, 0.3) is 0 Å². The predicted molar refractivity (Wildman–Crippen MR) is 92.7 cm³/mol. The van der Waals surface area contributed by atoms with Crippen LogP contribution in [0.5, 0.6) is 0 Å². The van der Waals surface area contributed by atoms with Crippen LogP contribution in [0.15, 0.2) is 30.5 Å². The minimum Gasteiger partial charge on any atom is -0.444 e. The minimum atomic E-state index is -0.424. The lowest BCUT2D eigenvalue weighted by atomic mass is 9.89. The van der Waals surface area contributed by atoms with Crippen LogP contribution in [0.4, 0.5) is 4.79 Å². The molecule has 0 radical (unpaired) electrons. The molecule has 4 heteroatoms. The number of ether oxygens (including phenoxy) is 1. The van der Waals surface area contributed by atoms with Gasteiger partial charge in [-0.15, -0.1) is 0 Å². The summed E-state index contributed by atoms with van der Waals surface area (Å²) < 4.78 is 7.61. The number of aryl methyl sites for hydroxylation is 1. The van der Waals surface area contributed by atoms with Gasteiger partial charge >= 0.3 is 6.09 Å². The second-order valence-electron chi connectivity index (χ2n) is 7.49. The van der Waals surface area contributed by atoms with E-state index in [0.717, 1.165) is 25.9 Å². The van der Waals surface area contributed by atoms with Crippen molar-refractivity contribution in [3.63, 3.8) is 0 Å². The molecule has 0 N–H and O–H groups in total. The number of carbonyl (C=O) groups is 1. The summed E-state index contributed by atoms with van der Waals surface area (Å²) in [5.41, 5.74) is 2.22. The summed E-state index contributed by atoms with van der Waals surface area (Å²) in [5, 5.41) is 1.29. The number of aromatic nitrogens is 1. The molecule has 0 aliphatic carbocycles. The van der Waals surface area contributed by atoms with Crippen molar-refractivity contribution in [1.82, 2.24) is 9.47 Å². The first-order valence-electron chi connectivity index (χ1n) is 8.36. The van der Waals surface area contributed by atoms with Gasteiger partial charge in [0.05, 0.1) is 0 Å². The van der Waals surface area contributed by atoms with Crippen molar-refractivity contribution >= 4 is 17.0 Å². The Kier molecular flexibility index (Phi) is 4.09. The van der Waals surface area contributed by atoms with E-state index < -0.39 is 5.60 Å². The standard InChI is InChI=1S/C19H26N2O2/c1-19(2,3)23-18(22)21-11-8-14(9-12-21)15-5-6-17-16(13-15)7-10-20(17)4/h5-7,10,13-14H,8-9,11-12H2,1-4H3. The molecule has 1 aromatic heterocycles. The van der Waals surface area contributed by atoms with Crippen molar-refractivity contribution in [3.8, 4) is 0 Å². The monoisotopic (exact) mass is 314 g/mol. The van der Waals surface area contributed by atoms with Crippen LogP contribution < -0.4 is 0 Å². The number of carbonyl (C=O) groups excluding carboxylic acids is 1. The third-order valence-corrected chi connectivity index (χ3v) is 4.53. The Morgan fingerprint density at radius 3 is 2.52 bits per heavy atom. The molecule has 0 bridgehead atoms. The van der Waals surface area contributed by atoms with Gasteiger partial charge in [0.1, 0.15) is 5.60 Å². The van der Waals surface area contributed by atoms with Gasteiger partial charge in [-0.2, -0.15) is 0 Å². The molecule has 2 heterocycles. The van der Waals surface area contributed by atoms with Crippen LogP contribution in [0.2, 0.25) is 0 Å². The van der Waals surface area contributed by atoms with Crippen molar-refractivity contribution in [2.75, 3.05) is 13.1 Å². The molecular formula is C19H26N2O2. The number of piperidine rings is 1. The SMILES string of the molecule is Cn1ccc2cc(C3CCN(C(=O)OC(C)(C)C)CC3)ccc21. The molecule has 1 aromatic carbocycles. The molecule has 1 aliphatic rings. The van der Waals surface area contributed by atoms with Crippen molar-refractivity contribution in [1.29, 1.82) is 0 Å². The third kappa shape index (κ3) is 3.52. The molecule has 0 spiro atoms. The molecule has 1 aliphatic heterocycles. The Morgan fingerprint density at radius 1 is 1.17 bits per heavy atom. The van der Waals surface area contributed by atoms with Gasteiger partial charge in [-0.25, -0.2) is 4.79 Å². The molecule has 124 valence electrons. The number of hydrogen-bond acceptors (Lipinski definition) is 2. The first-order valence-corrected chi connectivity index (χ1v) is 8.36. The van der Waals surface area contributed by atoms with Crippen LogP contribution in [-0.2, 0) is 11.8 Å². The maximum Gasteiger partial charge on any atom is 0.410 e. The number of hydrogen-bond donors (Lipinski definition) is 0. The number of fused-ring (bicyclic) bond motifs is 1. The fourth-order valence-electron chi connectivity index (χ4n) is 3.28. The van der Waals surface area contributed by atoms with E-state index >= 15 is 0 Å². The summed E-state index contributed by atoms with van der Waals surface area (Å²) in [7, 11) is 2.07. The van der Waals surface area contributed by atoms with Gasteiger partial charge in [-0.05, 0) is 68.7 Å². The number of likely N-dealkylation sites (tertiary alicyclic amines) is 1. The highest BCUT2D eigenvalue weighted by molar-refractivity contribution is 5.81. The van der Waals surface area contributed by atoms with Gasteiger partial charge in [-0.1, -0.05) is 6.07 Å². The van der Waals surface area contributed by atoms with E-state index in [9.17, 15) is 4.79 Å². The zero-order valence-corrected chi connectivity index (χ0v) is 14.5. The van der Waals surface area contributed by atoms with Crippen molar-refractivity contribution in [2.24, 2.45) is 7.05 Å². The first kappa shape index (κ1) is 15.9. The number of nitrogens with zero attached hydrogens (tertiary/aromatic N) is 2. The number of amides is 1. The van der Waals surface area contributed by atoms with Gasteiger partial charge in [-0.3, -0.25) is 0 Å². The molecule has 4 nitrogen and oxygen atoms in total. The van der Waals surface area contributed by atoms with Crippen LogP contribution >= 0.6 is 0 Å². The molecule has 3 rings (SSSR count). The maximum absolute atomic E-state index is 12.1. The topological polar surface area (TPSA) is 34.5 Å². The zero-order chi connectivity index (χ0) is 16.6. The van der Waals surface area contributed by atoms with Crippen molar-refractivity contribution < 1.29 is 9.53 Å². The second-order valence-corrected chi connectivity index (χ2v) is 7.49. The van der Waals surface area contributed by atoms with E-state index in [4.69, 9.17) is 4.74 Å². The Balaban J connectivity index is 1.65. The molecule has 1 saturated heterocycles. The fourth-order valence-corrected chi connectivity index (χ4v) is 3.28. The van der Waals surface area contributed by atoms with E-state index in [1.807, 2.05) is 25.7 Å². The maximum atomic E-state index is 12.1. The molecule has 1 fully saturated rings. The molecule has 0 saturated carbocycles. The number of benzene rings is 1. The van der Waals surface area contributed by atoms with E-state index in [0.29, 0.717) is 5.92 Å². The van der Waals surface area contributed by atoms with E-state index in [1.54, 1.807) is 0 Å². The Morgan fingerprint density at radius 2 is 1.87 bits per heavy atom. The first-order chi connectivity index (χ1) is 10.8. The zero-order valence-electron chi connectivity index (χ0n) is 14.5. The fraction of sp³-hybridized carbons (Fsp3) is 0.526. The van der Waals surface area contributed by atoms with Crippen molar-refractivity contribution in [2.45, 2.75) is 45.1 Å². The Bertz CT molecular complexity index is 704. The van der Waals surface area contributed by atoms with Crippen molar-refractivity contribution in [3.05, 3.63) is 36.0 Å². The lowest BCUT2D eigenvalue weighted by Crippen LogP contribution is -2.41. The molecule has 0 unspecified atom stereocenters. The summed E-state index contributed by atoms with van der Waals surface area (Å²) in [6.45, 7) is 7.27. The molecule has 0 atom stereocenters. The van der Waals surface area contributed by atoms with Gasteiger partial charge in [0, 0.05) is 31.9 Å². The highest BCUT2D eigenvalue weighted by Crippen LogP contribution is 2.30. The Labute approximate surface area is 138 Å². The lowest BCUT2D eigenvalue weighted by molar-refractivity contribution is 0.0205. The van der Waals surface area contributed by atoms with Crippen LogP contribution in [0.3, 0.4) is 0 Å². The quantitative estimate of drug-likeness (QED) is 0.787. The molecule has 2 aromatic rings. The van der Waals surface area contributed by atoms with Crippen LogP contribution in [0.1, 0.15) is 45.1 Å². The van der Waals surface area contributed by atoms with Gasteiger partial charge < -0.3 is 14.2 Å². The normalized spacial score (nSPS) is 16.8. The minimum absolute atomic E-state index is 0.186. The average Bonchev–Trinajstić information content (AvgIpc) is 2.87. The third-order valence-electron chi connectivity index (χ3n) is 4.53. The molecular weight excluding hydrogens is 288 g/mol. The largest absolute Gasteiger partial charge is 0.444 e. The van der Waals surface area contributed by atoms with Crippen LogP contribution in [0, 0.1) is 0 Å². The van der Waals surface area contributed by atoms with Crippen LogP contribution in [-0.4, -0.2) is 34.3 Å². The average molecular weight is 314 g/mol. The predicted octanol–water partition coefficient (Wildman–Crippen LogP) is 4.29. The highest BCUT2D eigenvalue weighted by atomic mass is 16.6. The number of rotatable bonds is 1. The highest BCUT2D eigenvalue weighted by Gasteiger charge is 2.27. The second kappa shape index (κ2) is 5.91. The van der Waals surface area contributed by atoms with Gasteiger partial charge in [0.2, 0.25) is 0 Å². The summed E-state index contributed by atoms with van der Waals surface area (Å²) in [4.78, 5) is 14.0.